The average Bonchev–Trinajstić information content (AvgIpc) is 3.23. The number of carbonyl (C=O) groups is 1. The van der Waals surface area contributed by atoms with Crippen LogP contribution in [0.15, 0.2) is 5.16 Å². The molecule has 0 saturated heterocycles. The summed E-state index contributed by atoms with van der Waals surface area (Å²) in [5.74, 6) is 4.93. The third-order valence-corrected chi connectivity index (χ3v) is 8.09. The smallest absolute Gasteiger partial charge is 0.230 e. The first kappa shape index (κ1) is 17.1. The van der Waals surface area contributed by atoms with Gasteiger partial charge in [0.05, 0.1) is 5.75 Å². The first-order valence-electron chi connectivity index (χ1n) is 10.5. The van der Waals surface area contributed by atoms with Crippen molar-refractivity contribution in [3.05, 3.63) is 5.82 Å². The Morgan fingerprint density at radius 3 is 2.42 bits per heavy atom. The Morgan fingerprint density at radius 1 is 1.12 bits per heavy atom. The lowest BCUT2D eigenvalue weighted by atomic mass is 9.53. The lowest BCUT2D eigenvalue weighted by Crippen LogP contribution is -2.60. The number of thioether (sulfide) groups is 1. The molecule has 5 fully saturated rings. The second-order valence-electron chi connectivity index (χ2n) is 9.45. The van der Waals surface area contributed by atoms with Gasteiger partial charge in [-0.3, -0.25) is 9.89 Å². The van der Waals surface area contributed by atoms with E-state index in [4.69, 9.17) is 0 Å². The number of carbonyl (C=O) groups excluding carboxylic acids is 1. The van der Waals surface area contributed by atoms with E-state index in [1.54, 1.807) is 0 Å². The van der Waals surface area contributed by atoms with Crippen LogP contribution in [0.4, 0.5) is 0 Å². The summed E-state index contributed by atoms with van der Waals surface area (Å²) in [6.07, 6.45) is 14.2. The van der Waals surface area contributed by atoms with Crippen molar-refractivity contribution in [3.63, 3.8) is 0 Å². The molecule has 0 aromatic carbocycles. The third-order valence-electron chi connectivity index (χ3n) is 7.24. The van der Waals surface area contributed by atoms with Crippen molar-refractivity contribution in [1.82, 2.24) is 20.5 Å². The Labute approximate surface area is 159 Å². The molecule has 26 heavy (non-hydrogen) atoms. The average molecular weight is 375 g/mol. The van der Waals surface area contributed by atoms with Gasteiger partial charge in [-0.05, 0) is 62.2 Å². The molecule has 5 aliphatic carbocycles. The Bertz CT molecular complexity index is 631. The van der Waals surface area contributed by atoms with Crippen molar-refractivity contribution in [1.29, 1.82) is 0 Å². The maximum Gasteiger partial charge on any atom is 0.230 e. The minimum Gasteiger partial charge on any atom is -0.350 e. The zero-order valence-electron chi connectivity index (χ0n) is 15.5. The van der Waals surface area contributed by atoms with E-state index in [1.807, 2.05) is 0 Å². The number of hydrogen-bond acceptors (Lipinski definition) is 4. The monoisotopic (exact) mass is 374 g/mol. The Hall–Kier alpha value is -1.04. The molecule has 4 bridgehead atoms. The lowest BCUT2D eigenvalue weighted by Gasteiger charge is -2.56. The molecule has 142 valence electrons. The van der Waals surface area contributed by atoms with E-state index < -0.39 is 0 Å². The number of hydrogen-bond donors (Lipinski definition) is 2. The highest BCUT2D eigenvalue weighted by molar-refractivity contribution is 7.99. The summed E-state index contributed by atoms with van der Waals surface area (Å²) in [6.45, 7) is 0. The van der Waals surface area contributed by atoms with Crippen LogP contribution in [0.5, 0.6) is 0 Å². The molecule has 0 radical (unpaired) electrons. The van der Waals surface area contributed by atoms with Crippen LogP contribution in [0.2, 0.25) is 0 Å². The summed E-state index contributed by atoms with van der Waals surface area (Å²) in [6, 6.07) is 0. The van der Waals surface area contributed by atoms with Crippen LogP contribution >= 0.6 is 11.8 Å². The summed E-state index contributed by atoms with van der Waals surface area (Å²) < 4.78 is 0. The van der Waals surface area contributed by atoms with Crippen LogP contribution in [0.25, 0.3) is 0 Å². The van der Waals surface area contributed by atoms with Gasteiger partial charge in [-0.15, -0.1) is 5.10 Å². The van der Waals surface area contributed by atoms with E-state index >= 15 is 0 Å². The molecule has 6 rings (SSSR count). The van der Waals surface area contributed by atoms with Gasteiger partial charge in [-0.25, -0.2) is 4.98 Å². The molecule has 5 saturated carbocycles. The second-order valence-corrected chi connectivity index (χ2v) is 10.4. The summed E-state index contributed by atoms with van der Waals surface area (Å²) in [4.78, 5) is 17.2. The Balaban J connectivity index is 1.13. The van der Waals surface area contributed by atoms with Crippen LogP contribution < -0.4 is 5.32 Å². The first-order valence-corrected chi connectivity index (χ1v) is 11.5. The molecule has 1 amide bonds. The zero-order valence-corrected chi connectivity index (χ0v) is 16.3. The van der Waals surface area contributed by atoms with Crippen LogP contribution in [-0.2, 0) is 11.2 Å². The number of aromatic amines is 1. The molecule has 2 N–H and O–H groups in total. The van der Waals surface area contributed by atoms with Gasteiger partial charge < -0.3 is 5.32 Å². The topological polar surface area (TPSA) is 70.7 Å². The van der Waals surface area contributed by atoms with Gasteiger partial charge in [0.25, 0.3) is 0 Å². The number of aromatic nitrogens is 3. The van der Waals surface area contributed by atoms with Crippen LogP contribution in [0.3, 0.4) is 0 Å². The van der Waals surface area contributed by atoms with Gasteiger partial charge in [0.2, 0.25) is 11.1 Å². The van der Waals surface area contributed by atoms with Crippen molar-refractivity contribution < 1.29 is 4.79 Å². The Kier molecular flexibility index (Phi) is 4.50. The van der Waals surface area contributed by atoms with E-state index in [0.717, 1.165) is 41.1 Å². The normalized spacial score (nSPS) is 35.9. The number of amides is 1. The molecule has 0 atom stereocenters. The third kappa shape index (κ3) is 3.54. The first-order chi connectivity index (χ1) is 12.7. The predicted molar refractivity (Wildman–Crippen MR) is 102 cm³/mol. The van der Waals surface area contributed by atoms with Gasteiger partial charge >= 0.3 is 0 Å². The standard InChI is InChI=1S/C20H30N4OS/c25-18(22-20-9-14-5-15(10-20)7-16(6-14)11-20)12-26-19-21-17(23-24-19)8-13-3-1-2-4-13/h13-16H,1-12H2,(H,22,25)(H,21,23,24). The molecule has 1 aromatic heterocycles. The van der Waals surface area contributed by atoms with Crippen molar-refractivity contribution in [2.45, 2.75) is 81.3 Å². The molecular weight excluding hydrogens is 344 g/mol. The summed E-state index contributed by atoms with van der Waals surface area (Å²) >= 11 is 1.47. The summed E-state index contributed by atoms with van der Waals surface area (Å²) in [5.41, 5.74) is 0.110. The molecule has 0 spiro atoms. The molecule has 5 aliphatic rings. The summed E-state index contributed by atoms with van der Waals surface area (Å²) in [5, 5.41) is 11.5. The fraction of sp³-hybridized carbons (Fsp3) is 0.850. The second kappa shape index (κ2) is 6.84. The van der Waals surface area contributed by atoms with Gasteiger partial charge in [0.15, 0.2) is 0 Å². The number of nitrogens with one attached hydrogen (secondary N) is 2. The van der Waals surface area contributed by atoms with Gasteiger partial charge in [0, 0.05) is 12.0 Å². The number of rotatable bonds is 6. The highest BCUT2D eigenvalue weighted by Crippen LogP contribution is 2.55. The lowest BCUT2D eigenvalue weighted by molar-refractivity contribution is -0.124. The number of H-pyrrole nitrogens is 1. The molecule has 0 unspecified atom stereocenters. The zero-order chi connectivity index (χ0) is 17.6. The van der Waals surface area contributed by atoms with Crippen LogP contribution in [-0.4, -0.2) is 32.4 Å². The minimum absolute atomic E-state index is 0.110. The van der Waals surface area contributed by atoms with Crippen LogP contribution in [0.1, 0.15) is 70.0 Å². The van der Waals surface area contributed by atoms with Gasteiger partial charge in [0.1, 0.15) is 5.82 Å². The molecule has 6 heteroatoms. The maximum absolute atomic E-state index is 12.6. The SMILES string of the molecule is O=C(CSc1n[nH]c(CC2CCCC2)n1)NC12CC3CC(CC(C3)C1)C2. The maximum atomic E-state index is 12.6. The van der Waals surface area contributed by atoms with Crippen LogP contribution in [0, 0.1) is 23.7 Å². The largest absolute Gasteiger partial charge is 0.350 e. The van der Waals surface area contributed by atoms with E-state index in [9.17, 15) is 4.79 Å². The predicted octanol–water partition coefficient (Wildman–Crippen LogP) is 3.71. The van der Waals surface area contributed by atoms with E-state index in [2.05, 4.69) is 20.5 Å². The molecule has 1 aromatic rings. The van der Waals surface area contributed by atoms with E-state index in [1.165, 1.54) is 76.0 Å². The highest BCUT2D eigenvalue weighted by atomic mass is 32.2. The van der Waals surface area contributed by atoms with E-state index in [0.29, 0.717) is 5.75 Å². The van der Waals surface area contributed by atoms with Gasteiger partial charge in [-0.1, -0.05) is 37.4 Å². The molecule has 0 aliphatic heterocycles. The quantitative estimate of drug-likeness (QED) is 0.745. The van der Waals surface area contributed by atoms with Crippen molar-refractivity contribution >= 4 is 17.7 Å². The van der Waals surface area contributed by atoms with Crippen molar-refractivity contribution in [3.8, 4) is 0 Å². The minimum atomic E-state index is 0.110. The van der Waals surface area contributed by atoms with Crippen molar-refractivity contribution in [2.24, 2.45) is 23.7 Å². The molecule has 5 nitrogen and oxygen atoms in total. The molecule has 1 heterocycles. The fourth-order valence-corrected chi connectivity index (χ4v) is 7.26. The fourth-order valence-electron chi connectivity index (χ4n) is 6.65. The Morgan fingerprint density at radius 2 is 1.77 bits per heavy atom. The van der Waals surface area contributed by atoms with Gasteiger partial charge in [-0.2, -0.15) is 0 Å². The molecular formula is C20H30N4OS. The summed E-state index contributed by atoms with van der Waals surface area (Å²) in [7, 11) is 0. The highest BCUT2D eigenvalue weighted by Gasteiger charge is 2.51. The van der Waals surface area contributed by atoms with Crippen molar-refractivity contribution in [2.75, 3.05) is 5.75 Å². The number of nitrogens with zero attached hydrogens (tertiary/aromatic N) is 2. The van der Waals surface area contributed by atoms with E-state index in [-0.39, 0.29) is 11.4 Å².